The van der Waals surface area contributed by atoms with Gasteiger partial charge in [-0.25, -0.2) is 0 Å². The van der Waals surface area contributed by atoms with E-state index in [0.29, 0.717) is 40.7 Å². The van der Waals surface area contributed by atoms with Crippen LogP contribution in [0.15, 0.2) is 36.4 Å². The first-order chi connectivity index (χ1) is 15.8. The minimum atomic E-state index is -0.561. The number of ether oxygens (including phenoxy) is 1. The number of carbonyl (C=O) groups excluding carboxylic acids is 2. The minimum Gasteiger partial charge on any atom is -0.496 e. The van der Waals surface area contributed by atoms with Crippen LogP contribution in [-0.4, -0.2) is 30.5 Å². The van der Waals surface area contributed by atoms with Crippen LogP contribution in [0.5, 0.6) is 5.75 Å². The first-order valence-electron chi connectivity index (χ1n) is 11.2. The molecule has 2 amide bonds. The summed E-state index contributed by atoms with van der Waals surface area (Å²) in [6.45, 7) is 4.55. The van der Waals surface area contributed by atoms with Gasteiger partial charge in [-0.3, -0.25) is 9.59 Å². The highest BCUT2D eigenvalue weighted by Gasteiger charge is 2.24. The number of methoxy groups -OCH3 is 1. The number of rotatable bonds is 7. The molecule has 1 saturated carbocycles. The maximum Gasteiger partial charge on any atom is 0.265 e. The topological polar surface area (TPSA) is 123 Å². The van der Waals surface area contributed by atoms with Crippen molar-refractivity contribution in [2.24, 2.45) is 11.7 Å². The Morgan fingerprint density at radius 2 is 1.88 bits per heavy atom. The highest BCUT2D eigenvalue weighted by atomic mass is 16.5. The first kappa shape index (κ1) is 22.5. The molecule has 0 unspecified atom stereocenters. The molecule has 2 aromatic carbocycles. The van der Waals surface area contributed by atoms with Crippen LogP contribution < -0.4 is 21.5 Å². The van der Waals surface area contributed by atoms with E-state index >= 15 is 0 Å². The third kappa shape index (κ3) is 4.31. The van der Waals surface area contributed by atoms with Gasteiger partial charge in [0.1, 0.15) is 11.4 Å². The summed E-state index contributed by atoms with van der Waals surface area (Å²) < 4.78 is 5.56. The lowest BCUT2D eigenvalue weighted by Crippen LogP contribution is -2.32. The minimum absolute atomic E-state index is 0.166. The van der Waals surface area contributed by atoms with E-state index in [0.717, 1.165) is 40.8 Å². The second kappa shape index (κ2) is 9.02. The van der Waals surface area contributed by atoms with Gasteiger partial charge in [0, 0.05) is 29.1 Å². The fourth-order valence-electron chi connectivity index (χ4n) is 4.47. The highest BCUT2D eigenvalue weighted by Crippen LogP contribution is 2.41. The summed E-state index contributed by atoms with van der Waals surface area (Å²) in [5.74, 6) is 0.271. The van der Waals surface area contributed by atoms with Crippen molar-refractivity contribution in [1.82, 2.24) is 10.3 Å². The molecule has 0 aliphatic heterocycles. The van der Waals surface area contributed by atoms with Gasteiger partial charge < -0.3 is 26.5 Å². The number of aromatic amines is 1. The van der Waals surface area contributed by atoms with Gasteiger partial charge in [0.25, 0.3) is 11.8 Å². The molecule has 1 aromatic heterocycles. The maximum absolute atomic E-state index is 12.8. The lowest BCUT2D eigenvalue weighted by Gasteiger charge is -2.25. The molecule has 0 saturated heterocycles. The summed E-state index contributed by atoms with van der Waals surface area (Å²) in [7, 11) is 1.53. The van der Waals surface area contributed by atoms with Gasteiger partial charge in [0.05, 0.1) is 12.7 Å². The van der Waals surface area contributed by atoms with Crippen LogP contribution in [0.4, 0.5) is 5.69 Å². The summed E-state index contributed by atoms with van der Waals surface area (Å²) in [4.78, 5) is 28.2. The maximum atomic E-state index is 12.8. The van der Waals surface area contributed by atoms with E-state index in [2.05, 4.69) is 10.3 Å². The number of H-pyrrole nitrogens is 1. The van der Waals surface area contributed by atoms with Crippen molar-refractivity contribution in [1.29, 1.82) is 0 Å². The number of benzene rings is 2. The average molecular weight is 447 g/mol. The quantitative estimate of drug-likeness (QED) is 0.406. The molecule has 0 bridgehead atoms. The fraction of sp³-hybridized carbons (Fsp3) is 0.308. The van der Waals surface area contributed by atoms with Crippen molar-refractivity contribution < 1.29 is 14.3 Å². The number of amides is 2. The number of aromatic nitrogens is 1. The van der Waals surface area contributed by atoms with E-state index in [1.165, 1.54) is 13.5 Å². The Kier molecular flexibility index (Phi) is 6.14. The molecule has 1 aliphatic rings. The number of nitrogens with two attached hydrogens (primary N) is 2. The molecule has 4 rings (SSSR count). The molecule has 0 radical (unpaired) electrons. The standard InChI is InChI=1S/C26H30N4O3/c1-14-11-18(27)8-10-19(14)22-15(2)30-24(25(28)31)23(22)17-7-9-20(21(12-17)33-3)26(32)29-13-16-5-4-6-16/h7-12,16,30H,4-6,13,27H2,1-3H3,(H2,28,31)(H,29,32). The third-order valence-corrected chi connectivity index (χ3v) is 6.46. The number of nitrogens with one attached hydrogen (secondary N) is 2. The van der Waals surface area contributed by atoms with Crippen LogP contribution >= 0.6 is 0 Å². The predicted molar refractivity (Wildman–Crippen MR) is 130 cm³/mol. The highest BCUT2D eigenvalue weighted by molar-refractivity contribution is 6.05. The number of primary amides is 1. The van der Waals surface area contributed by atoms with Gasteiger partial charge in [0.2, 0.25) is 0 Å². The lowest BCUT2D eigenvalue weighted by molar-refractivity contribution is 0.0935. The molecule has 33 heavy (non-hydrogen) atoms. The largest absolute Gasteiger partial charge is 0.496 e. The van der Waals surface area contributed by atoms with Gasteiger partial charge >= 0.3 is 0 Å². The SMILES string of the molecule is COc1cc(-c2c(C(N)=O)[nH]c(C)c2-c2ccc(N)cc2C)ccc1C(=O)NCC1CCC1. The van der Waals surface area contributed by atoms with Gasteiger partial charge in [-0.2, -0.15) is 0 Å². The molecule has 7 nitrogen and oxygen atoms in total. The molecule has 172 valence electrons. The normalized spacial score (nSPS) is 13.4. The van der Waals surface area contributed by atoms with Crippen LogP contribution in [0, 0.1) is 19.8 Å². The Morgan fingerprint density at radius 1 is 1.12 bits per heavy atom. The summed E-state index contributed by atoms with van der Waals surface area (Å²) in [6, 6.07) is 11.0. The zero-order chi connectivity index (χ0) is 23.7. The first-order valence-corrected chi connectivity index (χ1v) is 11.2. The Labute approximate surface area is 193 Å². The van der Waals surface area contributed by atoms with Crippen LogP contribution in [-0.2, 0) is 0 Å². The molecule has 1 heterocycles. The van der Waals surface area contributed by atoms with Crippen molar-refractivity contribution >= 4 is 17.5 Å². The summed E-state index contributed by atoms with van der Waals surface area (Å²) in [5, 5.41) is 3.01. The van der Waals surface area contributed by atoms with Crippen LogP contribution in [0.1, 0.15) is 51.4 Å². The lowest BCUT2D eigenvalue weighted by atomic mass is 9.85. The molecular weight excluding hydrogens is 416 g/mol. The molecule has 0 atom stereocenters. The van der Waals surface area contributed by atoms with E-state index < -0.39 is 5.91 Å². The Balaban J connectivity index is 1.79. The predicted octanol–water partition coefficient (Wildman–Crippen LogP) is 4.19. The molecular formula is C26H30N4O3. The summed E-state index contributed by atoms with van der Waals surface area (Å²) in [6.07, 6.45) is 3.55. The van der Waals surface area contributed by atoms with Crippen molar-refractivity contribution in [3.8, 4) is 28.0 Å². The van der Waals surface area contributed by atoms with Gasteiger partial charge in [0.15, 0.2) is 0 Å². The van der Waals surface area contributed by atoms with E-state index in [1.54, 1.807) is 12.1 Å². The second-order valence-corrected chi connectivity index (χ2v) is 8.74. The molecule has 1 fully saturated rings. The van der Waals surface area contributed by atoms with Crippen molar-refractivity contribution in [2.75, 3.05) is 19.4 Å². The van der Waals surface area contributed by atoms with Crippen LogP contribution in [0.2, 0.25) is 0 Å². The Bertz CT molecular complexity index is 1220. The Hall–Kier alpha value is -3.74. The van der Waals surface area contributed by atoms with Crippen molar-refractivity contribution in [3.63, 3.8) is 0 Å². The van der Waals surface area contributed by atoms with E-state index in [1.807, 2.05) is 38.1 Å². The number of aryl methyl sites for hydroxylation is 2. The van der Waals surface area contributed by atoms with E-state index in [-0.39, 0.29) is 5.91 Å². The van der Waals surface area contributed by atoms with Crippen molar-refractivity contribution in [2.45, 2.75) is 33.1 Å². The number of hydrogen-bond acceptors (Lipinski definition) is 4. The number of carbonyl (C=O) groups is 2. The molecule has 0 spiro atoms. The molecule has 6 N–H and O–H groups in total. The van der Waals surface area contributed by atoms with Gasteiger partial charge in [-0.05, 0) is 73.6 Å². The summed E-state index contributed by atoms with van der Waals surface area (Å²) in [5.41, 5.74) is 18.1. The molecule has 7 heteroatoms. The van der Waals surface area contributed by atoms with E-state index in [4.69, 9.17) is 16.2 Å². The number of hydrogen-bond donors (Lipinski definition) is 4. The average Bonchev–Trinajstić information content (AvgIpc) is 3.09. The van der Waals surface area contributed by atoms with Gasteiger partial charge in [-0.1, -0.05) is 18.6 Å². The third-order valence-electron chi connectivity index (χ3n) is 6.46. The summed E-state index contributed by atoms with van der Waals surface area (Å²) >= 11 is 0. The second-order valence-electron chi connectivity index (χ2n) is 8.74. The smallest absolute Gasteiger partial charge is 0.265 e. The number of anilines is 1. The van der Waals surface area contributed by atoms with Gasteiger partial charge in [-0.15, -0.1) is 0 Å². The van der Waals surface area contributed by atoms with Crippen molar-refractivity contribution in [3.05, 3.63) is 58.9 Å². The fourth-order valence-corrected chi connectivity index (χ4v) is 4.47. The molecule has 1 aliphatic carbocycles. The Morgan fingerprint density at radius 3 is 2.48 bits per heavy atom. The monoisotopic (exact) mass is 446 g/mol. The number of nitrogen functional groups attached to an aromatic ring is 1. The molecule has 3 aromatic rings. The van der Waals surface area contributed by atoms with Crippen LogP contribution in [0.3, 0.4) is 0 Å². The zero-order valence-corrected chi connectivity index (χ0v) is 19.2. The van der Waals surface area contributed by atoms with Crippen LogP contribution in [0.25, 0.3) is 22.3 Å². The van der Waals surface area contributed by atoms with E-state index in [9.17, 15) is 9.59 Å². The zero-order valence-electron chi connectivity index (χ0n) is 19.2.